The van der Waals surface area contributed by atoms with Gasteiger partial charge >= 0.3 is 5.97 Å². The Morgan fingerprint density at radius 3 is 3.00 bits per heavy atom. The highest BCUT2D eigenvalue weighted by atomic mass is 19.1. The van der Waals surface area contributed by atoms with Crippen molar-refractivity contribution in [2.45, 2.75) is 13.8 Å². The third-order valence-corrected chi connectivity index (χ3v) is 1.38. The van der Waals surface area contributed by atoms with E-state index in [1.54, 1.807) is 13.8 Å². The molecule has 0 fully saturated rings. The lowest BCUT2D eigenvalue weighted by Crippen LogP contribution is -2.03. The van der Waals surface area contributed by atoms with Gasteiger partial charge in [0.05, 0.1) is 6.61 Å². The van der Waals surface area contributed by atoms with E-state index in [0.717, 1.165) is 6.08 Å². The van der Waals surface area contributed by atoms with Gasteiger partial charge in [-0.05, 0) is 6.92 Å². The Morgan fingerprint density at radius 1 is 1.79 bits per heavy atom. The number of ether oxygens (including phenoxy) is 1. The number of hydrogen-bond donors (Lipinski definition) is 0. The van der Waals surface area contributed by atoms with Crippen LogP contribution in [0, 0.1) is 6.92 Å². The van der Waals surface area contributed by atoms with Crippen molar-refractivity contribution in [2.24, 2.45) is 0 Å². The van der Waals surface area contributed by atoms with Gasteiger partial charge in [-0.15, -0.1) is 0 Å². The first-order valence-corrected chi connectivity index (χ1v) is 4.10. The Hall–Kier alpha value is -1.65. The van der Waals surface area contributed by atoms with Gasteiger partial charge in [0.1, 0.15) is 12.0 Å². The number of carbonyl (C=O) groups is 1. The van der Waals surface area contributed by atoms with Crippen molar-refractivity contribution in [3.05, 3.63) is 23.7 Å². The predicted molar refractivity (Wildman–Crippen MR) is 47.0 cm³/mol. The molecule has 1 aromatic heterocycles. The minimum absolute atomic E-state index is 0.137. The lowest BCUT2D eigenvalue weighted by Gasteiger charge is -1.96. The fourth-order valence-corrected chi connectivity index (χ4v) is 0.835. The number of hydrogen-bond acceptors (Lipinski definition) is 4. The van der Waals surface area contributed by atoms with Crippen molar-refractivity contribution in [2.75, 3.05) is 6.61 Å². The highest BCUT2D eigenvalue weighted by Crippen LogP contribution is 2.09. The minimum atomic E-state index is -0.992. The van der Waals surface area contributed by atoms with Crippen LogP contribution in [0.5, 0.6) is 0 Å². The summed E-state index contributed by atoms with van der Waals surface area (Å²) in [6.45, 7) is 3.36. The van der Waals surface area contributed by atoms with Crippen molar-refractivity contribution in [3.63, 3.8) is 0 Å². The minimum Gasteiger partial charge on any atom is -0.461 e. The number of rotatable bonds is 3. The van der Waals surface area contributed by atoms with Crippen LogP contribution in [-0.2, 0) is 9.53 Å². The first-order chi connectivity index (χ1) is 6.63. The molecule has 0 saturated carbocycles. The molecule has 14 heavy (non-hydrogen) atoms. The molecule has 5 heteroatoms. The fourth-order valence-electron chi connectivity index (χ4n) is 0.835. The molecule has 0 atom stereocenters. The number of esters is 1. The van der Waals surface area contributed by atoms with Gasteiger partial charge in [-0.1, -0.05) is 0 Å². The van der Waals surface area contributed by atoms with Gasteiger partial charge in [0.15, 0.2) is 5.89 Å². The lowest BCUT2D eigenvalue weighted by atomic mass is 10.4. The predicted octanol–water partition coefficient (Wildman–Crippen LogP) is 1.86. The molecule has 0 aliphatic rings. The largest absolute Gasteiger partial charge is 0.461 e. The average Bonchev–Trinajstić information content (AvgIpc) is 2.51. The van der Waals surface area contributed by atoms with Crippen molar-refractivity contribution in [3.8, 4) is 0 Å². The molecule has 1 rings (SSSR count). The summed E-state index contributed by atoms with van der Waals surface area (Å²) < 4.78 is 22.3. The third kappa shape index (κ3) is 2.69. The molecule has 0 aliphatic heterocycles. The molecule has 0 aromatic carbocycles. The Labute approximate surface area is 80.4 Å². The van der Waals surface area contributed by atoms with E-state index >= 15 is 0 Å². The van der Waals surface area contributed by atoms with Gasteiger partial charge in [0.25, 0.3) is 0 Å². The molecule has 1 heterocycles. The maximum atomic E-state index is 13.0. The van der Waals surface area contributed by atoms with Crippen LogP contribution >= 0.6 is 0 Å². The fraction of sp³-hybridized carbons (Fsp3) is 0.333. The summed E-state index contributed by atoms with van der Waals surface area (Å²) in [4.78, 5) is 14.6. The molecule has 0 radical (unpaired) electrons. The number of nitrogens with zero attached hydrogens (tertiary/aromatic N) is 1. The molecule has 0 unspecified atom stereocenters. The van der Waals surface area contributed by atoms with Crippen LogP contribution in [0.15, 0.2) is 16.5 Å². The maximum absolute atomic E-state index is 13.0. The first kappa shape index (κ1) is 10.4. The number of aryl methyl sites for hydroxylation is 1. The summed E-state index contributed by atoms with van der Waals surface area (Å²) in [5, 5.41) is 0. The molecule has 0 amide bonds. The number of aromatic nitrogens is 1. The van der Waals surface area contributed by atoms with Crippen LogP contribution in [0.4, 0.5) is 4.39 Å². The molecule has 4 nitrogen and oxygen atoms in total. The van der Waals surface area contributed by atoms with Crippen LogP contribution in [0.1, 0.15) is 18.5 Å². The molecule has 1 aromatic rings. The Morgan fingerprint density at radius 2 is 2.50 bits per heavy atom. The number of halogens is 1. The van der Waals surface area contributed by atoms with Crippen LogP contribution in [0.3, 0.4) is 0 Å². The van der Waals surface area contributed by atoms with Crippen LogP contribution in [-0.4, -0.2) is 17.6 Å². The SMILES string of the molecule is CCOC(=O)/C(F)=C/c1coc(C)n1. The zero-order valence-corrected chi connectivity index (χ0v) is 7.91. The summed E-state index contributed by atoms with van der Waals surface area (Å²) in [6.07, 6.45) is 2.22. The second kappa shape index (κ2) is 4.55. The van der Waals surface area contributed by atoms with Gasteiger partial charge in [-0.25, -0.2) is 9.78 Å². The second-order valence-electron chi connectivity index (χ2n) is 2.50. The van der Waals surface area contributed by atoms with E-state index in [4.69, 9.17) is 4.42 Å². The standard InChI is InChI=1S/C9H10FNO3/c1-3-13-9(12)8(10)4-7-5-14-6(2)11-7/h4-5H,3H2,1-2H3/b8-4-. The highest BCUT2D eigenvalue weighted by Gasteiger charge is 2.10. The smallest absolute Gasteiger partial charge is 0.367 e. The van der Waals surface area contributed by atoms with E-state index < -0.39 is 11.8 Å². The van der Waals surface area contributed by atoms with Gasteiger partial charge in [0, 0.05) is 13.0 Å². The molecule has 0 aliphatic carbocycles. The molecule has 0 bridgehead atoms. The third-order valence-electron chi connectivity index (χ3n) is 1.38. The Balaban J connectivity index is 2.73. The Bertz CT molecular complexity index is 357. The molecule has 0 saturated heterocycles. The van der Waals surface area contributed by atoms with Gasteiger partial charge in [-0.3, -0.25) is 0 Å². The highest BCUT2D eigenvalue weighted by molar-refractivity contribution is 5.90. The van der Waals surface area contributed by atoms with Gasteiger partial charge in [-0.2, -0.15) is 4.39 Å². The van der Waals surface area contributed by atoms with Gasteiger partial charge < -0.3 is 9.15 Å². The van der Waals surface area contributed by atoms with E-state index in [-0.39, 0.29) is 12.3 Å². The topological polar surface area (TPSA) is 52.3 Å². The summed E-state index contributed by atoms with van der Waals surface area (Å²) in [7, 11) is 0. The van der Waals surface area contributed by atoms with Crippen molar-refractivity contribution in [1.82, 2.24) is 4.98 Å². The first-order valence-electron chi connectivity index (χ1n) is 4.10. The van der Waals surface area contributed by atoms with E-state index in [9.17, 15) is 9.18 Å². The molecular weight excluding hydrogens is 189 g/mol. The zero-order valence-electron chi connectivity index (χ0n) is 7.91. The average molecular weight is 199 g/mol. The quantitative estimate of drug-likeness (QED) is 0.550. The van der Waals surface area contributed by atoms with E-state index in [2.05, 4.69) is 9.72 Å². The normalized spacial score (nSPS) is 11.5. The van der Waals surface area contributed by atoms with Crippen LogP contribution in [0.2, 0.25) is 0 Å². The summed E-state index contributed by atoms with van der Waals surface area (Å²) >= 11 is 0. The van der Waals surface area contributed by atoms with Crippen LogP contribution < -0.4 is 0 Å². The molecule has 76 valence electrons. The van der Waals surface area contributed by atoms with E-state index in [1.807, 2.05) is 0 Å². The molecule has 0 N–H and O–H groups in total. The number of oxazole rings is 1. The van der Waals surface area contributed by atoms with Gasteiger partial charge in [0.2, 0.25) is 5.83 Å². The van der Waals surface area contributed by atoms with Crippen molar-refractivity contribution < 1.29 is 18.3 Å². The van der Waals surface area contributed by atoms with Crippen molar-refractivity contribution in [1.29, 1.82) is 0 Å². The van der Waals surface area contributed by atoms with E-state index in [0.29, 0.717) is 5.89 Å². The molecular formula is C9H10FNO3. The number of carbonyl (C=O) groups excluding carboxylic acids is 1. The maximum Gasteiger partial charge on any atom is 0.367 e. The van der Waals surface area contributed by atoms with Crippen molar-refractivity contribution >= 4 is 12.0 Å². The summed E-state index contributed by atoms with van der Waals surface area (Å²) in [5.41, 5.74) is 0.257. The summed E-state index contributed by atoms with van der Waals surface area (Å²) in [6, 6.07) is 0. The zero-order chi connectivity index (χ0) is 10.6. The Kier molecular flexibility index (Phi) is 3.39. The molecule has 0 spiro atoms. The van der Waals surface area contributed by atoms with E-state index in [1.165, 1.54) is 6.26 Å². The monoisotopic (exact) mass is 199 g/mol. The van der Waals surface area contributed by atoms with Crippen LogP contribution in [0.25, 0.3) is 6.08 Å². The summed E-state index contributed by atoms with van der Waals surface area (Å²) in [5.74, 6) is -1.57. The second-order valence-corrected chi connectivity index (χ2v) is 2.50. The lowest BCUT2D eigenvalue weighted by molar-refractivity contribution is -0.140.